The van der Waals surface area contributed by atoms with Crippen LogP contribution in [0.15, 0.2) is 42.5 Å². The van der Waals surface area contributed by atoms with Crippen LogP contribution in [0.1, 0.15) is 11.1 Å². The van der Waals surface area contributed by atoms with Crippen molar-refractivity contribution < 1.29 is 5.11 Å². The van der Waals surface area contributed by atoms with Crippen LogP contribution in [0.2, 0.25) is 0 Å². The zero-order chi connectivity index (χ0) is 10.8. The van der Waals surface area contributed by atoms with Crippen molar-refractivity contribution in [1.29, 1.82) is 0 Å². The predicted octanol–water partition coefficient (Wildman–Crippen LogP) is 3.68. The zero-order valence-electron chi connectivity index (χ0n) is 8.99. The van der Waals surface area contributed by atoms with E-state index in [-0.39, 0.29) is 0 Å². The molecule has 15 heavy (non-hydrogen) atoms. The molecule has 2 aromatic rings. The highest BCUT2D eigenvalue weighted by Crippen LogP contribution is 2.34. The Hall–Kier alpha value is -1.76. The van der Waals surface area contributed by atoms with Crippen molar-refractivity contribution in [2.24, 2.45) is 0 Å². The third-order valence-electron chi connectivity index (χ3n) is 2.65. The number of phenolic OH excluding ortho intramolecular Hbond substituents is 1. The van der Waals surface area contributed by atoms with Crippen molar-refractivity contribution in [3.05, 3.63) is 53.6 Å². The molecule has 0 aromatic heterocycles. The molecule has 1 heteroatoms. The number of aryl methyl sites for hydroxylation is 2. The maximum atomic E-state index is 10.0. The van der Waals surface area contributed by atoms with Crippen molar-refractivity contribution in [3.8, 4) is 16.9 Å². The highest BCUT2D eigenvalue weighted by Gasteiger charge is 2.08. The number of phenols is 1. The molecule has 0 heterocycles. The summed E-state index contributed by atoms with van der Waals surface area (Å²) in [5, 5.41) is 10.0. The number of hydrogen-bond acceptors (Lipinski definition) is 1. The average Bonchev–Trinajstić information content (AvgIpc) is 2.26. The first-order chi connectivity index (χ1) is 7.20. The molecular formula is C14H14O. The topological polar surface area (TPSA) is 20.2 Å². The van der Waals surface area contributed by atoms with Gasteiger partial charge in [-0.3, -0.25) is 0 Å². The Balaban J connectivity index is 2.68. The van der Waals surface area contributed by atoms with Crippen LogP contribution in [0, 0.1) is 13.8 Å². The van der Waals surface area contributed by atoms with Gasteiger partial charge >= 0.3 is 0 Å². The molecule has 1 N–H and O–H groups in total. The van der Waals surface area contributed by atoms with Gasteiger partial charge in [0.25, 0.3) is 0 Å². The lowest BCUT2D eigenvalue weighted by molar-refractivity contribution is 0.473. The Morgan fingerprint density at radius 1 is 0.800 bits per heavy atom. The van der Waals surface area contributed by atoms with Gasteiger partial charge in [0.1, 0.15) is 5.75 Å². The molecule has 0 aliphatic heterocycles. The third-order valence-corrected chi connectivity index (χ3v) is 2.65. The quantitative estimate of drug-likeness (QED) is 0.741. The van der Waals surface area contributed by atoms with Gasteiger partial charge in [0.15, 0.2) is 0 Å². The molecule has 0 saturated heterocycles. The molecule has 0 saturated carbocycles. The van der Waals surface area contributed by atoms with Crippen LogP contribution in [-0.2, 0) is 0 Å². The van der Waals surface area contributed by atoms with Crippen molar-refractivity contribution in [1.82, 2.24) is 0 Å². The molecule has 0 fully saturated rings. The first-order valence-corrected chi connectivity index (χ1v) is 5.04. The zero-order valence-corrected chi connectivity index (χ0v) is 8.99. The summed E-state index contributed by atoms with van der Waals surface area (Å²) < 4.78 is 0. The Morgan fingerprint density at radius 2 is 1.40 bits per heavy atom. The standard InChI is InChI=1S/C14H14O/c1-10-8-9-11(2)14(15)13(10)12-6-4-3-5-7-12/h3-9,15H,1-2H3. The monoisotopic (exact) mass is 198 g/mol. The van der Waals surface area contributed by atoms with Gasteiger partial charge in [-0.25, -0.2) is 0 Å². The molecule has 2 aromatic carbocycles. The van der Waals surface area contributed by atoms with Crippen molar-refractivity contribution in [2.45, 2.75) is 13.8 Å². The SMILES string of the molecule is Cc1ccc(C)c(-c2ccccc2)c1O. The lowest BCUT2D eigenvalue weighted by Crippen LogP contribution is -1.86. The van der Waals surface area contributed by atoms with E-state index in [4.69, 9.17) is 0 Å². The van der Waals surface area contributed by atoms with Crippen LogP contribution in [0.3, 0.4) is 0 Å². The highest BCUT2D eigenvalue weighted by molar-refractivity contribution is 5.74. The van der Waals surface area contributed by atoms with Crippen LogP contribution in [0.4, 0.5) is 0 Å². The van der Waals surface area contributed by atoms with E-state index in [0.29, 0.717) is 5.75 Å². The van der Waals surface area contributed by atoms with Gasteiger partial charge in [-0.2, -0.15) is 0 Å². The van der Waals surface area contributed by atoms with Crippen LogP contribution in [0.25, 0.3) is 11.1 Å². The van der Waals surface area contributed by atoms with E-state index in [1.54, 1.807) is 0 Å². The first-order valence-electron chi connectivity index (χ1n) is 5.04. The van der Waals surface area contributed by atoms with Crippen LogP contribution in [-0.4, -0.2) is 5.11 Å². The maximum absolute atomic E-state index is 10.0. The number of rotatable bonds is 1. The average molecular weight is 198 g/mol. The summed E-state index contributed by atoms with van der Waals surface area (Å²) in [6, 6.07) is 14.0. The van der Waals surface area contributed by atoms with E-state index in [9.17, 15) is 5.11 Å². The van der Waals surface area contributed by atoms with Gasteiger partial charge in [-0.1, -0.05) is 42.5 Å². The van der Waals surface area contributed by atoms with Gasteiger partial charge in [0, 0.05) is 5.56 Å². The molecule has 1 nitrogen and oxygen atoms in total. The Bertz CT molecular complexity index is 472. The normalized spacial score (nSPS) is 10.3. The largest absolute Gasteiger partial charge is 0.507 e. The van der Waals surface area contributed by atoms with Crippen molar-refractivity contribution >= 4 is 0 Å². The summed E-state index contributed by atoms with van der Waals surface area (Å²) in [6.45, 7) is 3.93. The second-order valence-electron chi connectivity index (χ2n) is 3.79. The number of hydrogen-bond donors (Lipinski definition) is 1. The Kier molecular flexibility index (Phi) is 2.46. The van der Waals surface area contributed by atoms with Crippen LogP contribution < -0.4 is 0 Å². The fourth-order valence-corrected chi connectivity index (χ4v) is 1.77. The summed E-state index contributed by atoms with van der Waals surface area (Å²) in [4.78, 5) is 0. The van der Waals surface area contributed by atoms with E-state index in [0.717, 1.165) is 22.3 Å². The molecule has 0 bridgehead atoms. The van der Waals surface area contributed by atoms with Crippen molar-refractivity contribution in [2.75, 3.05) is 0 Å². The van der Waals surface area contributed by atoms with Crippen molar-refractivity contribution in [3.63, 3.8) is 0 Å². The minimum atomic E-state index is 0.390. The summed E-state index contributed by atoms with van der Waals surface area (Å²) >= 11 is 0. The van der Waals surface area contributed by atoms with E-state index in [1.165, 1.54) is 0 Å². The lowest BCUT2D eigenvalue weighted by Gasteiger charge is -2.10. The fourth-order valence-electron chi connectivity index (χ4n) is 1.77. The third kappa shape index (κ3) is 1.73. The van der Waals surface area contributed by atoms with E-state index in [1.807, 2.05) is 56.3 Å². The fraction of sp³-hybridized carbons (Fsp3) is 0.143. The second-order valence-corrected chi connectivity index (χ2v) is 3.79. The Morgan fingerprint density at radius 3 is 2.07 bits per heavy atom. The van der Waals surface area contributed by atoms with Crippen LogP contribution >= 0.6 is 0 Å². The molecule has 0 aliphatic carbocycles. The van der Waals surface area contributed by atoms with Gasteiger partial charge in [0.05, 0.1) is 0 Å². The first kappa shape index (κ1) is 9.78. The molecular weight excluding hydrogens is 184 g/mol. The highest BCUT2D eigenvalue weighted by atomic mass is 16.3. The van der Waals surface area contributed by atoms with E-state index in [2.05, 4.69) is 0 Å². The number of benzene rings is 2. The molecule has 0 radical (unpaired) electrons. The second kappa shape index (κ2) is 3.77. The maximum Gasteiger partial charge on any atom is 0.126 e. The molecule has 0 unspecified atom stereocenters. The molecule has 76 valence electrons. The van der Waals surface area contributed by atoms with Gasteiger partial charge < -0.3 is 5.11 Å². The van der Waals surface area contributed by atoms with E-state index < -0.39 is 0 Å². The molecule has 0 atom stereocenters. The minimum Gasteiger partial charge on any atom is -0.507 e. The number of aromatic hydroxyl groups is 1. The minimum absolute atomic E-state index is 0.390. The lowest BCUT2D eigenvalue weighted by atomic mass is 9.97. The Labute approximate surface area is 90.0 Å². The van der Waals surface area contributed by atoms with Gasteiger partial charge in [-0.15, -0.1) is 0 Å². The molecule has 2 rings (SSSR count). The van der Waals surface area contributed by atoms with E-state index >= 15 is 0 Å². The van der Waals surface area contributed by atoms with Crippen LogP contribution in [0.5, 0.6) is 5.75 Å². The summed E-state index contributed by atoms with van der Waals surface area (Å²) in [5.41, 5.74) is 4.02. The summed E-state index contributed by atoms with van der Waals surface area (Å²) in [6.07, 6.45) is 0. The predicted molar refractivity (Wildman–Crippen MR) is 63.0 cm³/mol. The molecule has 0 amide bonds. The van der Waals surface area contributed by atoms with Gasteiger partial charge in [-0.05, 0) is 30.5 Å². The molecule has 0 spiro atoms. The smallest absolute Gasteiger partial charge is 0.126 e. The summed E-state index contributed by atoms with van der Waals surface area (Å²) in [5.74, 6) is 0.390. The summed E-state index contributed by atoms with van der Waals surface area (Å²) in [7, 11) is 0. The van der Waals surface area contributed by atoms with Gasteiger partial charge in [0.2, 0.25) is 0 Å². The molecule has 0 aliphatic rings.